The molecule has 1 fully saturated rings. The third-order valence-corrected chi connectivity index (χ3v) is 8.26. The molecular weight excluding hydrogens is 453 g/mol. The minimum absolute atomic E-state index is 0.161. The quantitative estimate of drug-likeness (QED) is 0.588. The van der Waals surface area contributed by atoms with Crippen molar-refractivity contribution in [2.24, 2.45) is 0 Å². The molecule has 1 aliphatic rings. The van der Waals surface area contributed by atoms with Gasteiger partial charge in [0, 0.05) is 35.0 Å². The fourth-order valence-corrected chi connectivity index (χ4v) is 5.93. The third-order valence-electron chi connectivity index (χ3n) is 5.49. The number of rotatable bonds is 6. The number of amides is 1. The SMILES string of the molecule is Cc1cc(C(=O)Nc2ccc(F)c(S(=O)(=O)N3CCOCC3)c2)c(C)n1Cc1cccs1. The van der Waals surface area contributed by atoms with Crippen LogP contribution in [0.15, 0.2) is 46.7 Å². The van der Waals surface area contributed by atoms with E-state index in [0.29, 0.717) is 12.1 Å². The standard InChI is InChI=1S/C22H24FN3O4S2/c1-15-12-19(16(2)26(15)14-18-4-3-11-31-18)22(27)24-17-5-6-20(23)21(13-17)32(28,29)25-7-9-30-10-8-25/h3-6,11-13H,7-10,14H2,1-2H3,(H,24,27). The van der Waals surface area contributed by atoms with E-state index in [4.69, 9.17) is 4.74 Å². The molecule has 0 unspecified atom stereocenters. The Bertz CT molecular complexity index is 1230. The summed E-state index contributed by atoms with van der Waals surface area (Å²) in [5, 5.41) is 4.73. The van der Waals surface area contributed by atoms with E-state index in [1.54, 1.807) is 17.4 Å². The minimum Gasteiger partial charge on any atom is -0.379 e. The molecule has 10 heteroatoms. The van der Waals surface area contributed by atoms with Gasteiger partial charge < -0.3 is 14.6 Å². The van der Waals surface area contributed by atoms with Crippen molar-refractivity contribution in [3.05, 3.63) is 69.4 Å². The van der Waals surface area contributed by atoms with Crippen LogP contribution in [-0.2, 0) is 21.3 Å². The van der Waals surface area contributed by atoms with E-state index in [1.807, 2.05) is 31.4 Å². The molecule has 3 aromatic rings. The lowest BCUT2D eigenvalue weighted by Crippen LogP contribution is -2.40. The number of benzene rings is 1. The molecule has 7 nitrogen and oxygen atoms in total. The van der Waals surface area contributed by atoms with Crippen LogP contribution < -0.4 is 5.32 Å². The van der Waals surface area contributed by atoms with E-state index in [2.05, 4.69) is 9.88 Å². The lowest BCUT2D eigenvalue weighted by atomic mass is 10.2. The summed E-state index contributed by atoms with van der Waals surface area (Å²) < 4.78 is 48.6. The summed E-state index contributed by atoms with van der Waals surface area (Å²) in [6.07, 6.45) is 0. The third kappa shape index (κ3) is 4.49. The fourth-order valence-electron chi connectivity index (χ4n) is 3.74. The molecule has 32 heavy (non-hydrogen) atoms. The molecule has 0 radical (unpaired) electrons. The van der Waals surface area contributed by atoms with Gasteiger partial charge in [-0.1, -0.05) is 6.07 Å². The molecule has 4 rings (SSSR count). The van der Waals surface area contributed by atoms with Gasteiger partial charge in [0.2, 0.25) is 10.0 Å². The lowest BCUT2D eigenvalue weighted by molar-refractivity contribution is 0.0729. The number of morpholine rings is 1. The average molecular weight is 478 g/mol. The number of anilines is 1. The highest BCUT2D eigenvalue weighted by molar-refractivity contribution is 7.89. The summed E-state index contributed by atoms with van der Waals surface area (Å²) in [4.78, 5) is 13.7. The summed E-state index contributed by atoms with van der Waals surface area (Å²) in [7, 11) is -4.03. The Labute approximate surface area is 190 Å². The van der Waals surface area contributed by atoms with Crippen LogP contribution in [0.1, 0.15) is 26.6 Å². The molecule has 3 heterocycles. The maximum atomic E-state index is 14.4. The van der Waals surface area contributed by atoms with Gasteiger partial charge in [-0.25, -0.2) is 12.8 Å². The van der Waals surface area contributed by atoms with Crippen LogP contribution in [0.3, 0.4) is 0 Å². The molecule has 0 bridgehead atoms. The largest absolute Gasteiger partial charge is 0.379 e. The first-order chi connectivity index (χ1) is 15.3. The number of carbonyl (C=O) groups excluding carboxylic acids is 1. The second-order valence-electron chi connectivity index (χ2n) is 7.57. The van der Waals surface area contributed by atoms with E-state index < -0.39 is 20.7 Å². The van der Waals surface area contributed by atoms with E-state index >= 15 is 0 Å². The molecule has 1 aliphatic heterocycles. The van der Waals surface area contributed by atoms with Gasteiger partial charge in [-0.15, -0.1) is 11.3 Å². The van der Waals surface area contributed by atoms with Crippen LogP contribution >= 0.6 is 11.3 Å². The van der Waals surface area contributed by atoms with Crippen LogP contribution in [-0.4, -0.2) is 49.5 Å². The van der Waals surface area contributed by atoms with Gasteiger partial charge in [-0.05, 0) is 49.6 Å². The number of carbonyl (C=O) groups is 1. The molecule has 1 aromatic carbocycles. The van der Waals surface area contributed by atoms with Crippen molar-refractivity contribution in [1.82, 2.24) is 8.87 Å². The van der Waals surface area contributed by atoms with Gasteiger partial charge >= 0.3 is 0 Å². The van der Waals surface area contributed by atoms with E-state index in [-0.39, 0.29) is 37.9 Å². The summed E-state index contributed by atoms with van der Waals surface area (Å²) in [6.45, 7) is 5.32. The van der Waals surface area contributed by atoms with Gasteiger partial charge in [-0.2, -0.15) is 4.31 Å². The molecule has 0 aliphatic carbocycles. The highest BCUT2D eigenvalue weighted by atomic mass is 32.2. The fraction of sp³-hybridized carbons (Fsp3) is 0.318. The Hall–Kier alpha value is -2.53. The van der Waals surface area contributed by atoms with Crippen LogP contribution in [0, 0.1) is 19.7 Å². The van der Waals surface area contributed by atoms with Gasteiger partial charge in [-0.3, -0.25) is 4.79 Å². The van der Waals surface area contributed by atoms with Crippen molar-refractivity contribution < 1.29 is 22.3 Å². The number of nitrogens with one attached hydrogen (secondary N) is 1. The number of halogens is 1. The molecule has 170 valence electrons. The van der Waals surface area contributed by atoms with Gasteiger partial charge in [0.15, 0.2) is 0 Å². The molecule has 1 saturated heterocycles. The Morgan fingerprint density at radius 1 is 1.19 bits per heavy atom. The first kappa shape index (κ1) is 22.7. The number of hydrogen-bond acceptors (Lipinski definition) is 5. The number of ether oxygens (including phenoxy) is 1. The highest BCUT2D eigenvalue weighted by Crippen LogP contribution is 2.25. The Morgan fingerprint density at radius 3 is 2.62 bits per heavy atom. The van der Waals surface area contributed by atoms with E-state index in [0.717, 1.165) is 17.5 Å². The maximum Gasteiger partial charge on any atom is 0.257 e. The Balaban J connectivity index is 1.57. The second kappa shape index (κ2) is 9.14. The molecule has 0 saturated carbocycles. The zero-order valence-electron chi connectivity index (χ0n) is 17.8. The first-order valence-electron chi connectivity index (χ1n) is 10.2. The molecule has 1 N–H and O–H groups in total. The number of sulfonamides is 1. The monoisotopic (exact) mass is 477 g/mol. The topological polar surface area (TPSA) is 80.6 Å². The number of hydrogen-bond donors (Lipinski definition) is 1. The van der Waals surface area contributed by atoms with E-state index in [1.165, 1.54) is 21.3 Å². The Morgan fingerprint density at radius 2 is 1.94 bits per heavy atom. The van der Waals surface area contributed by atoms with Crippen molar-refractivity contribution in [2.45, 2.75) is 25.3 Å². The van der Waals surface area contributed by atoms with Crippen LogP contribution in [0.2, 0.25) is 0 Å². The summed E-state index contributed by atoms with van der Waals surface area (Å²) in [6, 6.07) is 9.41. The minimum atomic E-state index is -4.03. The summed E-state index contributed by atoms with van der Waals surface area (Å²) >= 11 is 1.65. The highest BCUT2D eigenvalue weighted by Gasteiger charge is 2.29. The summed E-state index contributed by atoms with van der Waals surface area (Å²) in [5.74, 6) is -1.24. The Kier molecular flexibility index (Phi) is 6.47. The van der Waals surface area contributed by atoms with Crippen LogP contribution in [0.5, 0.6) is 0 Å². The van der Waals surface area contributed by atoms with Gasteiger partial charge in [0.25, 0.3) is 5.91 Å². The molecule has 2 aromatic heterocycles. The average Bonchev–Trinajstić information content (AvgIpc) is 3.39. The lowest BCUT2D eigenvalue weighted by Gasteiger charge is -2.26. The van der Waals surface area contributed by atoms with Crippen molar-refractivity contribution in [1.29, 1.82) is 0 Å². The number of aryl methyl sites for hydroxylation is 1. The van der Waals surface area contributed by atoms with Crippen molar-refractivity contribution in [3.8, 4) is 0 Å². The van der Waals surface area contributed by atoms with Crippen molar-refractivity contribution in [3.63, 3.8) is 0 Å². The second-order valence-corrected chi connectivity index (χ2v) is 10.5. The van der Waals surface area contributed by atoms with Crippen molar-refractivity contribution >= 4 is 33.0 Å². The molecular formula is C22H24FN3O4S2. The zero-order chi connectivity index (χ0) is 22.9. The molecule has 0 atom stereocenters. The van der Waals surface area contributed by atoms with Crippen LogP contribution in [0.4, 0.5) is 10.1 Å². The van der Waals surface area contributed by atoms with E-state index in [9.17, 15) is 17.6 Å². The normalized spacial score (nSPS) is 15.1. The predicted octanol–water partition coefficient (Wildman–Crippen LogP) is 3.63. The van der Waals surface area contributed by atoms with Crippen molar-refractivity contribution in [2.75, 3.05) is 31.6 Å². The number of thiophene rings is 1. The molecule has 0 spiro atoms. The maximum absolute atomic E-state index is 14.4. The zero-order valence-corrected chi connectivity index (χ0v) is 19.4. The van der Waals surface area contributed by atoms with Crippen LogP contribution in [0.25, 0.3) is 0 Å². The number of nitrogens with zero attached hydrogens (tertiary/aromatic N) is 2. The number of aromatic nitrogens is 1. The smallest absolute Gasteiger partial charge is 0.257 e. The van der Waals surface area contributed by atoms with Gasteiger partial charge in [0.05, 0.1) is 25.3 Å². The van der Waals surface area contributed by atoms with Gasteiger partial charge in [0.1, 0.15) is 10.7 Å². The predicted molar refractivity (Wildman–Crippen MR) is 121 cm³/mol. The summed E-state index contributed by atoms with van der Waals surface area (Å²) in [5.41, 5.74) is 2.44. The first-order valence-corrected chi connectivity index (χ1v) is 12.5. The molecule has 1 amide bonds.